The summed E-state index contributed by atoms with van der Waals surface area (Å²) < 4.78 is 0. The number of hydrogen-bond acceptors (Lipinski definition) is 10. The molecular weight excluding hydrogens is 646 g/mol. The average Bonchev–Trinajstić information content (AvgIpc) is 3.00. The summed E-state index contributed by atoms with van der Waals surface area (Å²) in [5.74, 6) is -5.89. The van der Waals surface area contributed by atoms with Crippen LogP contribution in [0.1, 0.15) is 57.9 Å². The van der Waals surface area contributed by atoms with E-state index in [-0.39, 0.29) is 29.5 Å². The van der Waals surface area contributed by atoms with E-state index in [9.17, 15) is 39.3 Å². The molecule has 5 atom stereocenters. The lowest BCUT2D eigenvalue weighted by Crippen LogP contribution is -2.59. The van der Waals surface area contributed by atoms with Crippen LogP contribution in [0.3, 0.4) is 0 Å². The molecular formula is C30H49N9O8S. The van der Waals surface area contributed by atoms with Gasteiger partial charge in [-0.1, -0.05) is 38.2 Å². The van der Waals surface area contributed by atoms with Crippen LogP contribution in [0.15, 0.2) is 29.3 Å². The monoisotopic (exact) mass is 695 g/mol. The van der Waals surface area contributed by atoms with Gasteiger partial charge in [0, 0.05) is 13.0 Å². The zero-order valence-electron chi connectivity index (χ0n) is 27.2. The number of thiocarbonyl (C=S) groups is 1. The molecule has 1 aromatic carbocycles. The van der Waals surface area contributed by atoms with Crippen molar-refractivity contribution in [3.8, 4) is 5.75 Å². The highest BCUT2D eigenvalue weighted by molar-refractivity contribution is 7.80. The molecule has 0 aliphatic heterocycles. The van der Waals surface area contributed by atoms with Gasteiger partial charge in [0.1, 0.15) is 29.9 Å². The first-order chi connectivity index (χ1) is 22.5. The number of carbonyl (C=O) groups is 5. The normalized spacial score (nSPS) is 14.0. The van der Waals surface area contributed by atoms with Gasteiger partial charge < -0.3 is 59.5 Å². The zero-order chi connectivity index (χ0) is 36.4. The highest BCUT2D eigenvalue weighted by atomic mass is 32.1. The second-order valence-corrected chi connectivity index (χ2v) is 12.0. The molecule has 268 valence electrons. The zero-order valence-corrected chi connectivity index (χ0v) is 28.0. The summed E-state index contributed by atoms with van der Waals surface area (Å²) in [7, 11) is 0. The Morgan fingerprint density at radius 3 is 1.98 bits per heavy atom. The molecule has 18 heteroatoms. The number of aliphatic imine (C=N–C) groups is 1. The number of nitrogens with one attached hydrogen (secondary N) is 4. The summed E-state index contributed by atoms with van der Waals surface area (Å²) in [6, 6.07) is -0.131. The Balaban J connectivity index is 3.07. The van der Waals surface area contributed by atoms with Crippen molar-refractivity contribution in [2.24, 2.45) is 33.8 Å². The third-order valence-corrected chi connectivity index (χ3v) is 7.55. The molecule has 0 radical (unpaired) electrons. The molecule has 0 aromatic heterocycles. The van der Waals surface area contributed by atoms with Crippen molar-refractivity contribution in [2.45, 2.75) is 89.0 Å². The van der Waals surface area contributed by atoms with Crippen LogP contribution in [0.4, 0.5) is 0 Å². The van der Waals surface area contributed by atoms with Gasteiger partial charge in [0.2, 0.25) is 17.7 Å². The van der Waals surface area contributed by atoms with Gasteiger partial charge in [-0.3, -0.25) is 24.2 Å². The maximum atomic E-state index is 13.4. The lowest BCUT2D eigenvalue weighted by molar-refractivity contribution is -0.143. The number of benzene rings is 1. The Morgan fingerprint density at radius 2 is 1.44 bits per heavy atom. The van der Waals surface area contributed by atoms with Gasteiger partial charge in [0.05, 0.1) is 17.5 Å². The number of nitrogens with zero attached hydrogens (tertiary/aromatic N) is 1. The SMILES string of the molecule is CC(C)[C@H](NC(=O)[C@H](CC(=O)O)NC(=O)[C@H](CCCCN)NC(=S)[C@@H](N)CCCN=C(N)N)C(=O)N[C@@H](Cc1ccc(O)cc1)C(=O)O. The Morgan fingerprint density at radius 1 is 0.833 bits per heavy atom. The number of aliphatic carboxylic acids is 2. The van der Waals surface area contributed by atoms with Gasteiger partial charge in [0.15, 0.2) is 5.96 Å². The number of aromatic hydroxyl groups is 1. The van der Waals surface area contributed by atoms with E-state index in [4.69, 9.17) is 35.2 Å². The quantitative estimate of drug-likeness (QED) is 0.0282. The van der Waals surface area contributed by atoms with Crippen LogP contribution in [0.25, 0.3) is 0 Å². The van der Waals surface area contributed by atoms with E-state index in [0.717, 1.165) is 0 Å². The first kappa shape index (κ1) is 41.5. The molecule has 3 amide bonds. The molecule has 0 heterocycles. The van der Waals surface area contributed by atoms with E-state index in [1.807, 2.05) is 0 Å². The number of rotatable bonds is 22. The largest absolute Gasteiger partial charge is 0.508 e. The van der Waals surface area contributed by atoms with Crippen molar-refractivity contribution in [3.63, 3.8) is 0 Å². The predicted molar refractivity (Wildman–Crippen MR) is 183 cm³/mol. The number of unbranched alkanes of at least 4 members (excludes halogenated alkanes) is 1. The summed E-state index contributed by atoms with van der Waals surface area (Å²) in [5, 5.41) is 39.0. The Kier molecular flexibility index (Phi) is 18.4. The van der Waals surface area contributed by atoms with Crippen molar-refractivity contribution in [1.29, 1.82) is 0 Å². The van der Waals surface area contributed by atoms with E-state index in [1.165, 1.54) is 24.3 Å². The molecule has 0 saturated heterocycles. The molecule has 1 aromatic rings. The van der Waals surface area contributed by atoms with Crippen LogP contribution >= 0.6 is 12.2 Å². The fourth-order valence-corrected chi connectivity index (χ4v) is 4.73. The molecule has 0 fully saturated rings. The lowest BCUT2D eigenvalue weighted by Gasteiger charge is -2.28. The highest BCUT2D eigenvalue weighted by Crippen LogP contribution is 2.13. The minimum absolute atomic E-state index is 0.0137. The molecule has 48 heavy (non-hydrogen) atoms. The number of nitrogens with two attached hydrogens (primary N) is 4. The van der Waals surface area contributed by atoms with E-state index < -0.39 is 72.2 Å². The Bertz CT molecular complexity index is 1280. The van der Waals surface area contributed by atoms with Crippen molar-refractivity contribution < 1.29 is 39.3 Å². The molecule has 15 N–H and O–H groups in total. The lowest BCUT2D eigenvalue weighted by atomic mass is 10.0. The summed E-state index contributed by atoms with van der Waals surface area (Å²) in [4.78, 5) is 67.7. The standard InChI is InChI=1S/C30H49N9O8S/c1-16(2)24(27(45)37-22(29(46)47)14-17-8-10-18(40)11-9-17)39-26(44)21(15-23(41)42)36-25(43)20(7-3-4-12-31)38-28(48)19(32)6-5-13-35-30(33)34/h8-11,16,19-22,24,40H,3-7,12-15,31-32H2,1-2H3,(H,36,43)(H,37,45)(H,38,48)(H,39,44)(H,41,42)(H,46,47)(H4,33,34,35)/t19-,20-,21-,22-,24-/m0/s1. The fourth-order valence-electron chi connectivity index (χ4n) is 4.47. The minimum atomic E-state index is -1.60. The van der Waals surface area contributed by atoms with Crippen LogP contribution in [0, 0.1) is 5.92 Å². The van der Waals surface area contributed by atoms with Crippen LogP contribution < -0.4 is 44.2 Å². The maximum absolute atomic E-state index is 13.4. The van der Waals surface area contributed by atoms with E-state index in [1.54, 1.807) is 13.8 Å². The summed E-state index contributed by atoms with van der Waals surface area (Å²) in [5.41, 5.74) is 22.9. The summed E-state index contributed by atoms with van der Waals surface area (Å²) >= 11 is 5.40. The van der Waals surface area contributed by atoms with Crippen LogP contribution in [0.2, 0.25) is 0 Å². The number of amides is 3. The molecule has 0 aliphatic carbocycles. The molecule has 0 unspecified atom stereocenters. The number of hydrogen-bond donors (Lipinski definition) is 11. The molecule has 0 aliphatic rings. The van der Waals surface area contributed by atoms with Gasteiger partial charge in [-0.05, 0) is 62.3 Å². The third-order valence-electron chi connectivity index (χ3n) is 7.13. The number of carboxylic acid groups (broad SMARTS) is 2. The van der Waals surface area contributed by atoms with Gasteiger partial charge in [-0.15, -0.1) is 0 Å². The first-order valence-electron chi connectivity index (χ1n) is 15.5. The Labute approximate surface area is 284 Å². The van der Waals surface area contributed by atoms with Gasteiger partial charge >= 0.3 is 11.9 Å². The Hall–Kier alpha value is -4.55. The topological polar surface area (TPSA) is 311 Å². The van der Waals surface area contributed by atoms with Crippen LogP contribution in [0.5, 0.6) is 5.75 Å². The first-order valence-corrected chi connectivity index (χ1v) is 15.9. The number of carbonyl (C=O) groups excluding carboxylic acids is 3. The molecule has 1 rings (SSSR count). The molecule has 0 saturated carbocycles. The highest BCUT2D eigenvalue weighted by Gasteiger charge is 2.33. The van der Waals surface area contributed by atoms with Crippen LogP contribution in [-0.2, 0) is 30.4 Å². The van der Waals surface area contributed by atoms with E-state index >= 15 is 0 Å². The second kappa shape index (κ2) is 21.3. The molecule has 17 nitrogen and oxygen atoms in total. The van der Waals surface area contributed by atoms with E-state index in [0.29, 0.717) is 44.3 Å². The number of carboxylic acids is 2. The van der Waals surface area contributed by atoms with E-state index in [2.05, 4.69) is 26.3 Å². The minimum Gasteiger partial charge on any atom is -0.508 e. The van der Waals surface area contributed by atoms with Gasteiger partial charge in [0.25, 0.3) is 0 Å². The smallest absolute Gasteiger partial charge is 0.326 e. The molecule has 0 spiro atoms. The number of phenols is 1. The van der Waals surface area contributed by atoms with Crippen molar-refractivity contribution in [2.75, 3.05) is 13.1 Å². The average molecular weight is 696 g/mol. The number of phenolic OH excluding ortho intramolecular Hbond substituents is 1. The fraction of sp³-hybridized carbons (Fsp3) is 0.567. The third kappa shape index (κ3) is 15.8. The number of guanidine groups is 1. The summed E-state index contributed by atoms with van der Waals surface area (Å²) in [6.45, 7) is 3.90. The van der Waals surface area contributed by atoms with Crippen LogP contribution in [-0.4, -0.2) is 99.2 Å². The maximum Gasteiger partial charge on any atom is 0.326 e. The van der Waals surface area contributed by atoms with Crippen molar-refractivity contribution >= 4 is 52.8 Å². The summed E-state index contributed by atoms with van der Waals surface area (Å²) in [6.07, 6.45) is 1.31. The van der Waals surface area contributed by atoms with Gasteiger partial charge in [-0.25, -0.2) is 4.79 Å². The van der Waals surface area contributed by atoms with Crippen molar-refractivity contribution in [3.05, 3.63) is 29.8 Å². The predicted octanol–water partition coefficient (Wildman–Crippen LogP) is -1.60. The second-order valence-electron chi connectivity index (χ2n) is 11.6. The van der Waals surface area contributed by atoms with Crippen molar-refractivity contribution in [1.82, 2.24) is 21.3 Å². The molecule has 0 bridgehead atoms. The van der Waals surface area contributed by atoms with Gasteiger partial charge in [-0.2, -0.15) is 0 Å².